The second-order valence-corrected chi connectivity index (χ2v) is 6.24. The van der Waals surface area contributed by atoms with Crippen LogP contribution in [0.5, 0.6) is 0 Å². The van der Waals surface area contributed by atoms with Crippen LogP contribution < -0.4 is 5.32 Å². The second kappa shape index (κ2) is 6.41. The van der Waals surface area contributed by atoms with Gasteiger partial charge in [0.2, 0.25) is 0 Å². The van der Waals surface area contributed by atoms with Crippen LogP contribution in [-0.2, 0) is 4.74 Å². The summed E-state index contributed by atoms with van der Waals surface area (Å²) in [6.07, 6.45) is 3.14. The van der Waals surface area contributed by atoms with Crippen molar-refractivity contribution in [1.82, 2.24) is 10.2 Å². The summed E-state index contributed by atoms with van der Waals surface area (Å²) in [5.74, 6) is 0.655. The minimum atomic E-state index is -0.402. The van der Waals surface area contributed by atoms with Crippen molar-refractivity contribution in [1.29, 1.82) is 0 Å². The molecule has 1 rings (SSSR count). The second-order valence-electron chi connectivity index (χ2n) is 6.24. The number of likely N-dealkylation sites (tertiary alicyclic amines) is 1. The highest BCUT2D eigenvalue weighted by molar-refractivity contribution is 5.68. The average Bonchev–Trinajstić information content (AvgIpc) is 2.51. The Morgan fingerprint density at radius 3 is 2.56 bits per heavy atom. The standard InChI is InChI=1S/C14H28N2O2/c1-11(15-5)12-7-6-9-16(10-8-12)13(17)18-14(2,3)4/h11-12,15H,6-10H2,1-5H3. The molecule has 0 aromatic rings. The van der Waals surface area contributed by atoms with E-state index in [1.807, 2.05) is 32.7 Å². The van der Waals surface area contributed by atoms with Crippen LogP contribution in [0.3, 0.4) is 0 Å². The number of rotatable bonds is 2. The predicted molar refractivity (Wildman–Crippen MR) is 73.7 cm³/mol. The Balaban J connectivity index is 2.49. The SMILES string of the molecule is CNC(C)C1CCCN(C(=O)OC(C)(C)C)CC1. The highest BCUT2D eigenvalue weighted by Gasteiger charge is 2.26. The van der Waals surface area contributed by atoms with E-state index in [2.05, 4.69) is 12.2 Å². The Kier molecular flexibility index (Phi) is 5.45. The third kappa shape index (κ3) is 4.84. The van der Waals surface area contributed by atoms with Crippen molar-refractivity contribution >= 4 is 6.09 Å². The van der Waals surface area contributed by atoms with E-state index in [4.69, 9.17) is 4.74 Å². The number of nitrogens with zero attached hydrogens (tertiary/aromatic N) is 1. The quantitative estimate of drug-likeness (QED) is 0.826. The molecule has 1 saturated heterocycles. The first-order chi connectivity index (χ1) is 8.33. The summed E-state index contributed by atoms with van der Waals surface area (Å²) in [4.78, 5) is 13.9. The van der Waals surface area contributed by atoms with Gasteiger partial charge in [0, 0.05) is 19.1 Å². The van der Waals surface area contributed by atoms with Crippen LogP contribution in [0.25, 0.3) is 0 Å². The summed E-state index contributed by atoms with van der Waals surface area (Å²) in [5, 5.41) is 3.31. The van der Waals surface area contributed by atoms with Crippen LogP contribution in [0.4, 0.5) is 4.79 Å². The minimum absolute atomic E-state index is 0.166. The van der Waals surface area contributed by atoms with Crippen LogP contribution in [-0.4, -0.2) is 42.8 Å². The Morgan fingerprint density at radius 1 is 1.33 bits per heavy atom. The van der Waals surface area contributed by atoms with Gasteiger partial charge >= 0.3 is 6.09 Å². The first-order valence-electron chi connectivity index (χ1n) is 6.98. The Hall–Kier alpha value is -0.770. The molecule has 2 atom stereocenters. The molecule has 1 aliphatic heterocycles. The van der Waals surface area contributed by atoms with Crippen molar-refractivity contribution in [3.05, 3.63) is 0 Å². The van der Waals surface area contributed by atoms with E-state index in [1.165, 1.54) is 6.42 Å². The summed E-state index contributed by atoms with van der Waals surface area (Å²) >= 11 is 0. The zero-order valence-corrected chi connectivity index (χ0v) is 12.5. The Bertz CT molecular complexity index is 273. The Morgan fingerprint density at radius 2 is 2.00 bits per heavy atom. The summed E-state index contributed by atoms with van der Waals surface area (Å²) in [7, 11) is 2.00. The van der Waals surface area contributed by atoms with Crippen LogP contribution in [0.15, 0.2) is 0 Å². The number of ether oxygens (including phenoxy) is 1. The molecule has 106 valence electrons. The van der Waals surface area contributed by atoms with Gasteiger partial charge in [-0.05, 0) is 59.9 Å². The van der Waals surface area contributed by atoms with Crippen LogP contribution >= 0.6 is 0 Å². The van der Waals surface area contributed by atoms with Crippen molar-refractivity contribution in [2.75, 3.05) is 20.1 Å². The smallest absolute Gasteiger partial charge is 0.410 e. The highest BCUT2D eigenvalue weighted by Crippen LogP contribution is 2.22. The van der Waals surface area contributed by atoms with E-state index in [9.17, 15) is 4.79 Å². The third-order valence-corrected chi connectivity index (χ3v) is 3.59. The fourth-order valence-corrected chi connectivity index (χ4v) is 2.37. The number of carbonyl (C=O) groups excluding carboxylic acids is 1. The lowest BCUT2D eigenvalue weighted by Gasteiger charge is -2.26. The number of hydrogen-bond donors (Lipinski definition) is 1. The summed E-state index contributed by atoms with van der Waals surface area (Å²) in [6, 6.07) is 0.517. The van der Waals surface area contributed by atoms with Gasteiger partial charge in [-0.15, -0.1) is 0 Å². The third-order valence-electron chi connectivity index (χ3n) is 3.59. The monoisotopic (exact) mass is 256 g/mol. The van der Waals surface area contributed by atoms with Gasteiger partial charge in [0.15, 0.2) is 0 Å². The summed E-state index contributed by atoms with van der Waals surface area (Å²) in [6.45, 7) is 9.58. The fraction of sp³-hybridized carbons (Fsp3) is 0.929. The van der Waals surface area contributed by atoms with Gasteiger partial charge in [0.1, 0.15) is 5.60 Å². The topological polar surface area (TPSA) is 41.6 Å². The average molecular weight is 256 g/mol. The zero-order chi connectivity index (χ0) is 13.8. The molecule has 1 fully saturated rings. The molecule has 18 heavy (non-hydrogen) atoms. The van der Waals surface area contributed by atoms with Crippen LogP contribution in [0.1, 0.15) is 47.0 Å². The van der Waals surface area contributed by atoms with Crippen LogP contribution in [0.2, 0.25) is 0 Å². The van der Waals surface area contributed by atoms with Gasteiger partial charge in [-0.2, -0.15) is 0 Å². The van der Waals surface area contributed by atoms with Crippen molar-refractivity contribution < 1.29 is 9.53 Å². The molecular weight excluding hydrogens is 228 g/mol. The fourth-order valence-electron chi connectivity index (χ4n) is 2.37. The lowest BCUT2D eigenvalue weighted by atomic mass is 9.93. The molecular formula is C14H28N2O2. The van der Waals surface area contributed by atoms with Gasteiger partial charge in [0.25, 0.3) is 0 Å². The maximum atomic E-state index is 12.0. The molecule has 1 N–H and O–H groups in total. The van der Waals surface area contributed by atoms with Crippen molar-refractivity contribution in [2.45, 2.75) is 58.6 Å². The number of carbonyl (C=O) groups is 1. The van der Waals surface area contributed by atoms with E-state index in [1.54, 1.807) is 0 Å². The van der Waals surface area contributed by atoms with Crippen LogP contribution in [0, 0.1) is 5.92 Å². The van der Waals surface area contributed by atoms with Gasteiger partial charge in [0.05, 0.1) is 0 Å². The lowest BCUT2D eigenvalue weighted by Crippen LogP contribution is -2.38. The molecule has 0 bridgehead atoms. The highest BCUT2D eigenvalue weighted by atomic mass is 16.6. The molecule has 0 radical (unpaired) electrons. The molecule has 0 spiro atoms. The summed E-state index contributed by atoms with van der Waals surface area (Å²) in [5.41, 5.74) is -0.402. The maximum Gasteiger partial charge on any atom is 0.410 e. The van der Waals surface area contributed by atoms with E-state index in [0.29, 0.717) is 12.0 Å². The zero-order valence-electron chi connectivity index (χ0n) is 12.5. The van der Waals surface area contributed by atoms with Gasteiger partial charge in [-0.3, -0.25) is 0 Å². The van der Waals surface area contributed by atoms with E-state index in [0.717, 1.165) is 25.9 Å². The molecule has 1 aliphatic rings. The molecule has 1 amide bonds. The first kappa shape index (κ1) is 15.3. The molecule has 4 heteroatoms. The number of hydrogen-bond acceptors (Lipinski definition) is 3. The molecule has 2 unspecified atom stereocenters. The van der Waals surface area contributed by atoms with E-state index in [-0.39, 0.29) is 6.09 Å². The lowest BCUT2D eigenvalue weighted by molar-refractivity contribution is 0.0254. The molecule has 4 nitrogen and oxygen atoms in total. The predicted octanol–water partition coefficient (Wildman–Crippen LogP) is 2.63. The maximum absolute atomic E-state index is 12.0. The number of nitrogens with one attached hydrogen (secondary N) is 1. The van der Waals surface area contributed by atoms with E-state index >= 15 is 0 Å². The largest absolute Gasteiger partial charge is 0.444 e. The van der Waals surface area contributed by atoms with Crippen molar-refractivity contribution in [3.8, 4) is 0 Å². The molecule has 1 heterocycles. The minimum Gasteiger partial charge on any atom is -0.444 e. The molecule has 0 aliphatic carbocycles. The van der Waals surface area contributed by atoms with Gasteiger partial charge in [-0.25, -0.2) is 4.79 Å². The first-order valence-corrected chi connectivity index (χ1v) is 6.98. The van der Waals surface area contributed by atoms with Crippen molar-refractivity contribution in [3.63, 3.8) is 0 Å². The van der Waals surface area contributed by atoms with Gasteiger partial charge in [-0.1, -0.05) is 0 Å². The van der Waals surface area contributed by atoms with Crippen molar-refractivity contribution in [2.24, 2.45) is 5.92 Å². The molecule has 0 saturated carbocycles. The number of amides is 1. The Labute approximate surface area is 111 Å². The molecule has 0 aromatic carbocycles. The van der Waals surface area contributed by atoms with E-state index < -0.39 is 5.60 Å². The summed E-state index contributed by atoms with van der Waals surface area (Å²) < 4.78 is 5.43. The normalized spacial score (nSPS) is 23.4. The van der Waals surface area contributed by atoms with Gasteiger partial charge < -0.3 is 15.0 Å². The molecule has 0 aromatic heterocycles.